The van der Waals surface area contributed by atoms with Gasteiger partial charge in [-0.1, -0.05) is 12.8 Å². The highest BCUT2D eigenvalue weighted by Crippen LogP contribution is 2.41. The van der Waals surface area contributed by atoms with E-state index in [2.05, 4.69) is 5.32 Å². The minimum absolute atomic E-state index is 0.0382. The van der Waals surface area contributed by atoms with Gasteiger partial charge in [0.2, 0.25) is 11.8 Å². The summed E-state index contributed by atoms with van der Waals surface area (Å²) in [5.74, 6) is -0.898. The van der Waals surface area contributed by atoms with Crippen LogP contribution in [-0.2, 0) is 9.59 Å². The lowest BCUT2D eigenvalue weighted by Gasteiger charge is -2.39. The number of carbonyl (C=O) groups is 3. The zero-order valence-electron chi connectivity index (χ0n) is 11.6. The number of urea groups is 1. The lowest BCUT2D eigenvalue weighted by atomic mass is 9.88. The third kappa shape index (κ3) is 2.38. The summed E-state index contributed by atoms with van der Waals surface area (Å²) in [6.45, 7) is 3.52. The number of imide groups is 2. The van der Waals surface area contributed by atoms with Crippen LogP contribution in [0.2, 0.25) is 0 Å². The van der Waals surface area contributed by atoms with E-state index in [1.807, 2.05) is 6.26 Å². The first-order valence-electron chi connectivity index (χ1n) is 6.55. The number of nitrogens with zero attached hydrogens (tertiary/aromatic N) is 1. The molecule has 5 nitrogen and oxygen atoms in total. The predicted molar refractivity (Wildman–Crippen MR) is 73.7 cm³/mol. The maximum Gasteiger partial charge on any atom is 0.330 e. The maximum absolute atomic E-state index is 12.3. The van der Waals surface area contributed by atoms with Crippen molar-refractivity contribution < 1.29 is 14.4 Å². The summed E-state index contributed by atoms with van der Waals surface area (Å²) in [4.78, 5) is 37.2. The van der Waals surface area contributed by atoms with Crippen LogP contribution in [0.3, 0.4) is 0 Å². The molecule has 106 valence electrons. The Labute approximate surface area is 117 Å². The smallest absolute Gasteiger partial charge is 0.277 e. The minimum Gasteiger partial charge on any atom is -0.277 e. The average Bonchev–Trinajstić information content (AvgIpc) is 2.82. The Morgan fingerprint density at radius 1 is 1.21 bits per heavy atom. The van der Waals surface area contributed by atoms with Crippen LogP contribution in [0.4, 0.5) is 4.79 Å². The van der Waals surface area contributed by atoms with Gasteiger partial charge in [0.25, 0.3) is 0 Å². The van der Waals surface area contributed by atoms with Crippen molar-refractivity contribution in [2.75, 3.05) is 12.8 Å². The quantitative estimate of drug-likeness (QED) is 0.802. The number of hydrogen-bond acceptors (Lipinski definition) is 4. The van der Waals surface area contributed by atoms with E-state index >= 15 is 0 Å². The van der Waals surface area contributed by atoms with Gasteiger partial charge in [0.1, 0.15) is 5.41 Å². The molecule has 4 amide bonds. The van der Waals surface area contributed by atoms with Gasteiger partial charge in [-0.05, 0) is 32.9 Å². The molecule has 1 heterocycles. The largest absolute Gasteiger partial charge is 0.330 e. The Morgan fingerprint density at radius 3 is 2.32 bits per heavy atom. The Balaban J connectivity index is 2.21. The van der Waals surface area contributed by atoms with E-state index < -0.39 is 17.4 Å². The molecule has 0 bridgehead atoms. The zero-order chi connectivity index (χ0) is 14.3. The number of hydrogen-bond donors (Lipinski definition) is 1. The first kappa shape index (κ1) is 14.4. The first-order valence-corrected chi connectivity index (χ1v) is 7.77. The number of nitrogens with one attached hydrogen (secondary N) is 1. The van der Waals surface area contributed by atoms with Gasteiger partial charge in [-0.15, -0.1) is 0 Å². The van der Waals surface area contributed by atoms with Crippen molar-refractivity contribution in [2.24, 2.45) is 5.41 Å². The summed E-state index contributed by atoms with van der Waals surface area (Å²) in [7, 11) is 0. The van der Waals surface area contributed by atoms with Crippen LogP contribution < -0.4 is 5.32 Å². The standard InChI is InChI=1S/C13H20N2O3S/c1-12(2)9(16)14-11(18)15(10(12)17)8-13(19-3)6-4-5-7-13/h4-8H2,1-3H3,(H,14,16,18). The molecule has 0 atom stereocenters. The average molecular weight is 284 g/mol. The fraction of sp³-hybridized carbons (Fsp3) is 0.769. The molecule has 2 aliphatic rings. The summed E-state index contributed by atoms with van der Waals surface area (Å²) >= 11 is 1.72. The summed E-state index contributed by atoms with van der Waals surface area (Å²) < 4.78 is -0.0382. The second kappa shape index (κ2) is 4.81. The molecule has 19 heavy (non-hydrogen) atoms. The van der Waals surface area contributed by atoms with Crippen LogP contribution in [-0.4, -0.2) is 40.3 Å². The molecule has 0 spiro atoms. The lowest BCUT2D eigenvalue weighted by Crippen LogP contribution is -2.63. The first-order chi connectivity index (χ1) is 8.82. The number of amides is 4. The van der Waals surface area contributed by atoms with Crippen LogP contribution in [0.5, 0.6) is 0 Å². The molecule has 1 aliphatic carbocycles. The van der Waals surface area contributed by atoms with Crippen molar-refractivity contribution in [3.63, 3.8) is 0 Å². The summed E-state index contributed by atoms with van der Waals surface area (Å²) in [5.41, 5.74) is -1.16. The van der Waals surface area contributed by atoms with Crippen molar-refractivity contribution >= 4 is 29.6 Å². The lowest BCUT2D eigenvalue weighted by molar-refractivity contribution is -0.149. The van der Waals surface area contributed by atoms with Crippen molar-refractivity contribution in [1.29, 1.82) is 0 Å². The second-order valence-electron chi connectivity index (χ2n) is 5.87. The Morgan fingerprint density at radius 2 is 1.79 bits per heavy atom. The SMILES string of the molecule is CSC1(CN2C(=O)NC(=O)C(C)(C)C2=O)CCCC1. The van der Waals surface area contributed by atoms with Crippen LogP contribution >= 0.6 is 11.8 Å². The summed E-state index contributed by atoms with van der Waals surface area (Å²) in [6.07, 6.45) is 6.31. The molecule has 0 unspecified atom stereocenters. The van der Waals surface area contributed by atoms with E-state index in [1.54, 1.807) is 25.6 Å². The number of thioether (sulfide) groups is 1. The van der Waals surface area contributed by atoms with Gasteiger partial charge >= 0.3 is 6.03 Å². The molecule has 0 aromatic heterocycles. The Kier molecular flexibility index (Phi) is 3.64. The van der Waals surface area contributed by atoms with Gasteiger partial charge in [0.15, 0.2) is 0 Å². The fourth-order valence-electron chi connectivity index (χ4n) is 2.73. The predicted octanol–water partition coefficient (Wildman–Crippen LogP) is 1.77. The fourth-order valence-corrected chi connectivity index (χ4v) is 3.68. The van der Waals surface area contributed by atoms with Crippen LogP contribution in [0.15, 0.2) is 0 Å². The van der Waals surface area contributed by atoms with E-state index in [0.717, 1.165) is 25.7 Å². The molecule has 1 N–H and O–H groups in total. The molecule has 1 saturated carbocycles. The molecule has 0 radical (unpaired) electrons. The Bertz CT molecular complexity index is 428. The summed E-state index contributed by atoms with van der Waals surface area (Å²) in [5, 5.41) is 2.28. The third-order valence-corrected chi connectivity index (χ3v) is 5.61. The van der Waals surface area contributed by atoms with Gasteiger partial charge < -0.3 is 0 Å². The molecular weight excluding hydrogens is 264 g/mol. The maximum atomic E-state index is 12.3. The van der Waals surface area contributed by atoms with E-state index in [0.29, 0.717) is 6.54 Å². The molecule has 0 aromatic rings. The van der Waals surface area contributed by atoms with Gasteiger partial charge in [-0.25, -0.2) is 4.79 Å². The van der Waals surface area contributed by atoms with E-state index in [9.17, 15) is 14.4 Å². The molecule has 0 aromatic carbocycles. The van der Waals surface area contributed by atoms with E-state index in [4.69, 9.17) is 0 Å². The molecule has 2 fully saturated rings. The molecule has 1 aliphatic heterocycles. The highest BCUT2D eigenvalue weighted by atomic mass is 32.2. The zero-order valence-corrected chi connectivity index (χ0v) is 12.4. The number of carbonyl (C=O) groups excluding carboxylic acids is 3. The monoisotopic (exact) mass is 284 g/mol. The number of barbiturate groups is 1. The van der Waals surface area contributed by atoms with Gasteiger partial charge in [0, 0.05) is 11.3 Å². The summed E-state index contributed by atoms with van der Waals surface area (Å²) in [6, 6.07) is -0.574. The highest BCUT2D eigenvalue weighted by molar-refractivity contribution is 8.00. The van der Waals surface area contributed by atoms with E-state index in [-0.39, 0.29) is 10.7 Å². The van der Waals surface area contributed by atoms with Crippen LogP contribution in [0.1, 0.15) is 39.5 Å². The molecule has 6 heteroatoms. The van der Waals surface area contributed by atoms with Crippen molar-refractivity contribution in [1.82, 2.24) is 10.2 Å². The van der Waals surface area contributed by atoms with E-state index in [1.165, 1.54) is 4.90 Å². The molecule has 1 saturated heterocycles. The van der Waals surface area contributed by atoms with Gasteiger partial charge in [-0.3, -0.25) is 19.8 Å². The second-order valence-corrected chi connectivity index (χ2v) is 7.14. The Hall–Kier alpha value is -1.04. The molecule has 2 rings (SSSR count). The van der Waals surface area contributed by atoms with Crippen molar-refractivity contribution in [2.45, 2.75) is 44.3 Å². The van der Waals surface area contributed by atoms with Gasteiger partial charge in [-0.2, -0.15) is 11.8 Å². The highest BCUT2D eigenvalue weighted by Gasteiger charge is 2.49. The van der Waals surface area contributed by atoms with Crippen molar-refractivity contribution in [3.8, 4) is 0 Å². The number of rotatable bonds is 3. The van der Waals surface area contributed by atoms with Crippen LogP contribution in [0, 0.1) is 5.41 Å². The normalized spacial score (nSPS) is 25.6. The third-order valence-electron chi connectivity index (χ3n) is 4.21. The van der Waals surface area contributed by atoms with Crippen LogP contribution in [0.25, 0.3) is 0 Å². The topological polar surface area (TPSA) is 66.5 Å². The van der Waals surface area contributed by atoms with Crippen molar-refractivity contribution in [3.05, 3.63) is 0 Å². The molecular formula is C13H20N2O3S. The minimum atomic E-state index is -1.16. The van der Waals surface area contributed by atoms with Gasteiger partial charge in [0.05, 0.1) is 0 Å².